The van der Waals surface area contributed by atoms with Crippen LogP contribution in [0.1, 0.15) is 45.7 Å². The molecule has 4 rings (SSSR count). The predicted molar refractivity (Wildman–Crippen MR) is 118 cm³/mol. The number of carbonyl (C=O) groups is 1. The van der Waals surface area contributed by atoms with Crippen LogP contribution in [0.15, 0.2) is 49.1 Å². The Morgan fingerprint density at radius 2 is 2.10 bits per heavy atom. The molecule has 3 aromatic rings. The van der Waals surface area contributed by atoms with E-state index in [9.17, 15) is 10.1 Å². The number of alkyl carbamates (subject to hydrolysis) is 1. The first-order chi connectivity index (χ1) is 14.8. The molecule has 1 saturated carbocycles. The van der Waals surface area contributed by atoms with Crippen LogP contribution in [0.4, 0.5) is 4.79 Å². The van der Waals surface area contributed by atoms with Gasteiger partial charge >= 0.3 is 6.09 Å². The SMILES string of the molecule is CC(C)(C)OC(=O)NCCC[C@@H]1C[C@@]1(C#N)c1cn(-c2cc3ccccc3cn2)cn1. The number of nitrogens with zero attached hydrogens (tertiary/aromatic N) is 4. The molecule has 2 heterocycles. The number of imidazole rings is 1. The molecule has 1 amide bonds. The Hall–Kier alpha value is -3.40. The molecule has 1 aliphatic rings. The quantitative estimate of drug-likeness (QED) is 0.596. The summed E-state index contributed by atoms with van der Waals surface area (Å²) in [5, 5.41) is 14.8. The van der Waals surface area contributed by atoms with Crippen LogP contribution >= 0.6 is 0 Å². The topological polar surface area (TPSA) is 92.8 Å². The van der Waals surface area contributed by atoms with Crippen molar-refractivity contribution in [3.05, 3.63) is 54.7 Å². The van der Waals surface area contributed by atoms with Crippen molar-refractivity contribution >= 4 is 16.9 Å². The standard InChI is InChI=1S/C24H27N5O2/c1-23(2,3)31-22(30)26-10-6-9-19-12-24(19,15-25)20-14-29(16-28-20)21-11-17-7-4-5-8-18(17)13-27-21/h4-5,7-8,11,13-14,16,19H,6,9-10,12H2,1-3H3,(H,26,30)/t19-,24+/m1/s1. The molecule has 0 spiro atoms. The smallest absolute Gasteiger partial charge is 0.407 e. The summed E-state index contributed by atoms with van der Waals surface area (Å²) in [6, 6.07) is 12.6. The number of aromatic nitrogens is 3. The zero-order chi connectivity index (χ0) is 22.1. The van der Waals surface area contributed by atoms with Crippen LogP contribution in [0.25, 0.3) is 16.6 Å². The summed E-state index contributed by atoms with van der Waals surface area (Å²) in [7, 11) is 0. The summed E-state index contributed by atoms with van der Waals surface area (Å²) in [4.78, 5) is 20.8. The van der Waals surface area contributed by atoms with Gasteiger partial charge in [-0.05, 0) is 57.4 Å². The van der Waals surface area contributed by atoms with Gasteiger partial charge in [-0.1, -0.05) is 24.3 Å². The molecule has 0 radical (unpaired) electrons. The molecule has 0 unspecified atom stereocenters. The van der Waals surface area contributed by atoms with E-state index < -0.39 is 17.1 Å². The highest BCUT2D eigenvalue weighted by Crippen LogP contribution is 2.55. The lowest BCUT2D eigenvalue weighted by Crippen LogP contribution is -2.33. The molecule has 160 valence electrons. The Labute approximate surface area is 182 Å². The average molecular weight is 418 g/mol. The highest BCUT2D eigenvalue weighted by molar-refractivity contribution is 5.82. The van der Waals surface area contributed by atoms with Gasteiger partial charge in [0.25, 0.3) is 0 Å². The van der Waals surface area contributed by atoms with Gasteiger partial charge in [0.1, 0.15) is 23.2 Å². The molecule has 7 heteroatoms. The first-order valence-corrected chi connectivity index (χ1v) is 10.6. The van der Waals surface area contributed by atoms with Crippen LogP contribution in [0, 0.1) is 17.2 Å². The minimum absolute atomic E-state index is 0.242. The molecule has 1 fully saturated rings. The zero-order valence-electron chi connectivity index (χ0n) is 18.1. The lowest BCUT2D eigenvalue weighted by molar-refractivity contribution is 0.0526. The van der Waals surface area contributed by atoms with Gasteiger partial charge in [-0.15, -0.1) is 0 Å². The van der Waals surface area contributed by atoms with E-state index in [0.717, 1.165) is 41.5 Å². The van der Waals surface area contributed by atoms with Gasteiger partial charge in [-0.3, -0.25) is 4.57 Å². The Balaban J connectivity index is 1.36. The zero-order valence-corrected chi connectivity index (χ0v) is 18.1. The molecule has 7 nitrogen and oxygen atoms in total. The summed E-state index contributed by atoms with van der Waals surface area (Å²) in [6.07, 6.45) is 7.52. The lowest BCUT2D eigenvalue weighted by atomic mass is 9.99. The maximum Gasteiger partial charge on any atom is 0.407 e. The fraction of sp³-hybridized carbons (Fsp3) is 0.417. The molecule has 1 aromatic carbocycles. The third-order valence-electron chi connectivity index (χ3n) is 5.62. The number of hydrogen-bond acceptors (Lipinski definition) is 5. The van der Waals surface area contributed by atoms with Gasteiger partial charge in [0.2, 0.25) is 0 Å². The molecule has 31 heavy (non-hydrogen) atoms. The monoisotopic (exact) mass is 417 g/mol. The van der Waals surface area contributed by atoms with Crippen LogP contribution in [0.2, 0.25) is 0 Å². The maximum absolute atomic E-state index is 11.7. The normalized spacial score (nSPS) is 20.3. The molecule has 2 aromatic heterocycles. The highest BCUT2D eigenvalue weighted by atomic mass is 16.6. The van der Waals surface area contributed by atoms with Crippen molar-refractivity contribution in [2.45, 2.75) is 51.0 Å². The number of rotatable bonds is 6. The maximum atomic E-state index is 11.7. The minimum Gasteiger partial charge on any atom is -0.444 e. The Bertz CT molecular complexity index is 1140. The van der Waals surface area contributed by atoms with Crippen LogP contribution in [-0.4, -0.2) is 32.8 Å². The predicted octanol–water partition coefficient (Wildman–Crippen LogP) is 4.51. The molecule has 0 aliphatic heterocycles. The van der Waals surface area contributed by atoms with E-state index in [1.54, 1.807) is 6.33 Å². The van der Waals surface area contributed by atoms with Crippen molar-refractivity contribution in [1.82, 2.24) is 19.9 Å². The van der Waals surface area contributed by atoms with Crippen molar-refractivity contribution < 1.29 is 9.53 Å². The molecule has 2 atom stereocenters. The first kappa shape index (κ1) is 20.9. The van der Waals surface area contributed by atoms with Crippen molar-refractivity contribution in [3.8, 4) is 11.9 Å². The number of ether oxygens (including phenoxy) is 1. The van der Waals surface area contributed by atoms with E-state index in [0.29, 0.717) is 6.54 Å². The van der Waals surface area contributed by atoms with Gasteiger partial charge in [-0.25, -0.2) is 14.8 Å². The first-order valence-electron chi connectivity index (χ1n) is 10.6. The molecule has 1 aliphatic carbocycles. The average Bonchev–Trinajstić information content (AvgIpc) is 3.22. The fourth-order valence-electron chi connectivity index (χ4n) is 3.93. The highest BCUT2D eigenvalue weighted by Gasteiger charge is 2.57. The second-order valence-electron chi connectivity index (χ2n) is 9.11. The van der Waals surface area contributed by atoms with E-state index >= 15 is 0 Å². The van der Waals surface area contributed by atoms with Crippen molar-refractivity contribution in [3.63, 3.8) is 0 Å². The summed E-state index contributed by atoms with van der Waals surface area (Å²) in [6.45, 7) is 6.04. The Morgan fingerprint density at radius 1 is 1.32 bits per heavy atom. The fourth-order valence-corrected chi connectivity index (χ4v) is 3.93. The number of nitrogens with one attached hydrogen (secondary N) is 1. The van der Waals surface area contributed by atoms with Gasteiger partial charge in [0, 0.05) is 24.3 Å². The number of fused-ring (bicyclic) bond motifs is 1. The summed E-state index contributed by atoms with van der Waals surface area (Å²) >= 11 is 0. The van der Waals surface area contributed by atoms with E-state index in [1.807, 2.05) is 62.0 Å². The van der Waals surface area contributed by atoms with Crippen LogP contribution < -0.4 is 5.32 Å². The molecular formula is C24H27N5O2. The summed E-state index contributed by atoms with van der Waals surface area (Å²) in [5.74, 6) is 1.02. The largest absolute Gasteiger partial charge is 0.444 e. The van der Waals surface area contributed by atoms with Gasteiger partial charge in [0.05, 0.1) is 11.8 Å². The number of hydrogen-bond donors (Lipinski definition) is 1. The number of nitriles is 1. The van der Waals surface area contributed by atoms with Crippen molar-refractivity contribution in [1.29, 1.82) is 5.26 Å². The lowest BCUT2D eigenvalue weighted by Gasteiger charge is -2.19. The van der Waals surface area contributed by atoms with Crippen molar-refractivity contribution in [2.24, 2.45) is 5.92 Å². The van der Waals surface area contributed by atoms with Crippen molar-refractivity contribution in [2.75, 3.05) is 6.54 Å². The number of carbonyl (C=O) groups excluding carboxylic acids is 1. The van der Waals surface area contributed by atoms with E-state index in [4.69, 9.17) is 4.74 Å². The van der Waals surface area contributed by atoms with Crippen LogP contribution in [0.3, 0.4) is 0 Å². The van der Waals surface area contributed by atoms with E-state index in [1.165, 1.54) is 0 Å². The minimum atomic E-state index is -0.548. The number of amides is 1. The van der Waals surface area contributed by atoms with E-state index in [2.05, 4.69) is 27.4 Å². The summed E-state index contributed by atoms with van der Waals surface area (Å²) in [5.41, 5.74) is -0.265. The molecule has 0 saturated heterocycles. The Kier molecular flexibility index (Phi) is 5.40. The number of benzene rings is 1. The molecular weight excluding hydrogens is 390 g/mol. The summed E-state index contributed by atoms with van der Waals surface area (Å²) < 4.78 is 7.12. The molecule has 1 N–H and O–H groups in total. The van der Waals surface area contributed by atoms with Crippen LogP contribution in [0.5, 0.6) is 0 Å². The van der Waals surface area contributed by atoms with Gasteiger partial charge in [-0.2, -0.15) is 5.26 Å². The van der Waals surface area contributed by atoms with Gasteiger partial charge < -0.3 is 10.1 Å². The van der Waals surface area contributed by atoms with Gasteiger partial charge in [0.15, 0.2) is 0 Å². The third-order valence-corrected chi connectivity index (χ3v) is 5.62. The molecule has 0 bridgehead atoms. The second-order valence-corrected chi connectivity index (χ2v) is 9.11. The van der Waals surface area contributed by atoms with Crippen LogP contribution in [-0.2, 0) is 10.2 Å². The van der Waals surface area contributed by atoms with E-state index in [-0.39, 0.29) is 5.92 Å². The third kappa shape index (κ3) is 4.53. The number of pyridine rings is 1. The Morgan fingerprint density at radius 3 is 2.84 bits per heavy atom. The second kappa shape index (κ2) is 8.03.